The van der Waals surface area contributed by atoms with E-state index >= 15 is 0 Å². The molecule has 0 saturated carbocycles. The van der Waals surface area contributed by atoms with Gasteiger partial charge in [-0.25, -0.2) is 0 Å². The molecule has 1 atom stereocenters. The largest absolute Gasteiger partial charge is 0.314 e. The van der Waals surface area contributed by atoms with E-state index in [1.54, 1.807) is 11.8 Å². The van der Waals surface area contributed by atoms with Crippen LogP contribution in [0, 0.1) is 0 Å². The Hall–Kier alpha value is -0.220. The second kappa shape index (κ2) is 6.38. The molecule has 0 aromatic heterocycles. The van der Waals surface area contributed by atoms with Crippen LogP contribution >= 0.6 is 24.2 Å². The summed E-state index contributed by atoms with van der Waals surface area (Å²) in [6, 6.07) is 9.30. The number of rotatable bonds is 2. The first-order valence-corrected chi connectivity index (χ1v) is 6.20. The lowest BCUT2D eigenvalue weighted by atomic mass is 10.1. The zero-order valence-corrected chi connectivity index (χ0v) is 10.5. The summed E-state index contributed by atoms with van der Waals surface area (Å²) in [6.45, 7) is 3.19. The first-order valence-electron chi connectivity index (χ1n) is 4.98. The van der Waals surface area contributed by atoms with Crippen molar-refractivity contribution in [3.05, 3.63) is 29.8 Å². The van der Waals surface area contributed by atoms with Crippen LogP contribution in [-0.4, -0.2) is 25.9 Å². The maximum Gasteiger partial charge on any atom is 0.0447 e. The molecule has 1 aliphatic heterocycles. The SMILES string of the molecule is CSc1ccc([C@@H]2CNCCN2)cc1.Cl. The third-order valence-electron chi connectivity index (χ3n) is 2.56. The van der Waals surface area contributed by atoms with Crippen LogP contribution in [-0.2, 0) is 0 Å². The summed E-state index contributed by atoms with van der Waals surface area (Å²) in [5, 5.41) is 6.90. The third-order valence-corrected chi connectivity index (χ3v) is 3.30. The van der Waals surface area contributed by atoms with Crippen LogP contribution in [0.1, 0.15) is 11.6 Å². The average molecular weight is 245 g/mol. The van der Waals surface area contributed by atoms with Crippen molar-refractivity contribution in [3.8, 4) is 0 Å². The van der Waals surface area contributed by atoms with Crippen molar-refractivity contribution in [1.29, 1.82) is 0 Å². The van der Waals surface area contributed by atoms with Gasteiger partial charge in [0, 0.05) is 30.6 Å². The predicted octanol–water partition coefficient (Wildman–Crippen LogP) is 2.06. The summed E-state index contributed by atoms with van der Waals surface area (Å²) in [5.74, 6) is 0. The molecule has 0 radical (unpaired) electrons. The number of nitrogens with one attached hydrogen (secondary N) is 2. The fourth-order valence-electron chi connectivity index (χ4n) is 1.73. The second-order valence-corrected chi connectivity index (χ2v) is 4.36. The molecule has 0 amide bonds. The van der Waals surface area contributed by atoms with Crippen molar-refractivity contribution >= 4 is 24.2 Å². The number of hydrogen-bond donors (Lipinski definition) is 2. The Morgan fingerprint density at radius 1 is 1.20 bits per heavy atom. The lowest BCUT2D eigenvalue weighted by molar-refractivity contribution is 0.430. The van der Waals surface area contributed by atoms with Gasteiger partial charge in [0.25, 0.3) is 0 Å². The van der Waals surface area contributed by atoms with E-state index in [9.17, 15) is 0 Å². The van der Waals surface area contributed by atoms with Gasteiger partial charge in [-0.3, -0.25) is 0 Å². The molecule has 1 heterocycles. The second-order valence-electron chi connectivity index (χ2n) is 3.48. The van der Waals surface area contributed by atoms with Crippen LogP contribution in [0.3, 0.4) is 0 Å². The summed E-state index contributed by atoms with van der Waals surface area (Å²) < 4.78 is 0. The molecule has 4 heteroatoms. The monoisotopic (exact) mass is 244 g/mol. The van der Waals surface area contributed by atoms with E-state index in [2.05, 4.69) is 41.2 Å². The van der Waals surface area contributed by atoms with Crippen LogP contribution in [0.4, 0.5) is 0 Å². The van der Waals surface area contributed by atoms with Gasteiger partial charge in [-0.15, -0.1) is 24.2 Å². The van der Waals surface area contributed by atoms with Crippen molar-refractivity contribution in [2.45, 2.75) is 10.9 Å². The summed E-state index contributed by atoms with van der Waals surface area (Å²) in [6.07, 6.45) is 2.11. The summed E-state index contributed by atoms with van der Waals surface area (Å²) in [5.41, 5.74) is 1.38. The topological polar surface area (TPSA) is 24.1 Å². The highest BCUT2D eigenvalue weighted by Gasteiger charge is 2.13. The van der Waals surface area contributed by atoms with Crippen molar-refractivity contribution < 1.29 is 0 Å². The standard InChI is InChI=1S/C11H16N2S.ClH/c1-14-10-4-2-9(3-5-10)11-8-12-6-7-13-11;/h2-5,11-13H,6-8H2,1H3;1H/t11-;/m0./s1. The van der Waals surface area contributed by atoms with E-state index < -0.39 is 0 Å². The Kier molecular flexibility index (Phi) is 5.47. The van der Waals surface area contributed by atoms with Crippen LogP contribution in [0.5, 0.6) is 0 Å². The van der Waals surface area contributed by atoms with Gasteiger partial charge in [0.2, 0.25) is 0 Å². The van der Waals surface area contributed by atoms with Gasteiger partial charge in [0.05, 0.1) is 0 Å². The highest BCUT2D eigenvalue weighted by molar-refractivity contribution is 7.98. The molecule has 1 fully saturated rings. The molecule has 15 heavy (non-hydrogen) atoms. The van der Waals surface area contributed by atoms with Gasteiger partial charge >= 0.3 is 0 Å². The van der Waals surface area contributed by atoms with Crippen molar-refractivity contribution in [3.63, 3.8) is 0 Å². The minimum atomic E-state index is 0. The smallest absolute Gasteiger partial charge is 0.0447 e. The fourth-order valence-corrected chi connectivity index (χ4v) is 2.13. The third kappa shape index (κ3) is 3.38. The van der Waals surface area contributed by atoms with Crippen molar-refractivity contribution in [2.24, 2.45) is 0 Å². The van der Waals surface area contributed by atoms with E-state index in [-0.39, 0.29) is 12.4 Å². The van der Waals surface area contributed by atoms with E-state index in [0.717, 1.165) is 19.6 Å². The maximum absolute atomic E-state index is 3.50. The maximum atomic E-state index is 3.50. The van der Waals surface area contributed by atoms with Crippen LogP contribution < -0.4 is 10.6 Å². The van der Waals surface area contributed by atoms with Crippen molar-refractivity contribution in [2.75, 3.05) is 25.9 Å². The van der Waals surface area contributed by atoms with Crippen LogP contribution in [0.15, 0.2) is 29.2 Å². The number of halogens is 1. The molecule has 1 aromatic carbocycles. The van der Waals surface area contributed by atoms with E-state index in [4.69, 9.17) is 0 Å². The molecule has 2 N–H and O–H groups in total. The minimum Gasteiger partial charge on any atom is -0.314 e. The van der Waals surface area contributed by atoms with Gasteiger partial charge in [-0.05, 0) is 24.0 Å². The van der Waals surface area contributed by atoms with Crippen LogP contribution in [0.25, 0.3) is 0 Å². The zero-order chi connectivity index (χ0) is 9.80. The van der Waals surface area contributed by atoms with Gasteiger partial charge in [-0.2, -0.15) is 0 Å². The number of benzene rings is 1. The Morgan fingerprint density at radius 3 is 2.47 bits per heavy atom. The molecule has 0 aliphatic carbocycles. The molecule has 1 aliphatic rings. The van der Waals surface area contributed by atoms with Gasteiger partial charge in [0.15, 0.2) is 0 Å². The Morgan fingerprint density at radius 2 is 1.93 bits per heavy atom. The number of hydrogen-bond acceptors (Lipinski definition) is 3. The van der Waals surface area contributed by atoms with Gasteiger partial charge in [-0.1, -0.05) is 12.1 Å². The molecule has 0 bridgehead atoms. The normalized spacial score (nSPS) is 20.7. The molecule has 0 spiro atoms. The van der Waals surface area contributed by atoms with E-state index in [1.165, 1.54) is 10.5 Å². The number of piperazine rings is 1. The molecule has 0 unspecified atom stereocenters. The van der Waals surface area contributed by atoms with Gasteiger partial charge in [0.1, 0.15) is 0 Å². The molecule has 2 rings (SSSR count). The van der Waals surface area contributed by atoms with Crippen LogP contribution in [0.2, 0.25) is 0 Å². The molecular weight excluding hydrogens is 228 g/mol. The molecular formula is C11H17ClN2S. The first kappa shape index (κ1) is 12.8. The fraction of sp³-hybridized carbons (Fsp3) is 0.455. The zero-order valence-electron chi connectivity index (χ0n) is 8.82. The average Bonchev–Trinajstić information content (AvgIpc) is 2.30. The Bertz CT molecular complexity index is 283. The molecule has 2 nitrogen and oxygen atoms in total. The quantitative estimate of drug-likeness (QED) is 0.779. The highest BCUT2D eigenvalue weighted by Crippen LogP contribution is 2.19. The lowest BCUT2D eigenvalue weighted by Crippen LogP contribution is -2.42. The Labute approximate surface area is 102 Å². The summed E-state index contributed by atoms with van der Waals surface area (Å²) in [7, 11) is 0. The Balaban J connectivity index is 0.00000112. The summed E-state index contributed by atoms with van der Waals surface area (Å²) in [4.78, 5) is 1.33. The van der Waals surface area contributed by atoms with E-state index in [1.807, 2.05) is 0 Å². The van der Waals surface area contributed by atoms with Crippen molar-refractivity contribution in [1.82, 2.24) is 10.6 Å². The summed E-state index contributed by atoms with van der Waals surface area (Å²) >= 11 is 1.79. The molecule has 1 saturated heterocycles. The lowest BCUT2D eigenvalue weighted by Gasteiger charge is -2.24. The highest BCUT2D eigenvalue weighted by atomic mass is 35.5. The van der Waals surface area contributed by atoms with Gasteiger partial charge < -0.3 is 10.6 Å². The van der Waals surface area contributed by atoms with E-state index in [0.29, 0.717) is 6.04 Å². The minimum absolute atomic E-state index is 0. The number of thioether (sulfide) groups is 1. The molecule has 1 aromatic rings. The first-order chi connectivity index (χ1) is 6.90. The molecule has 84 valence electrons. The predicted molar refractivity (Wildman–Crippen MR) is 69.1 cm³/mol.